The van der Waals surface area contributed by atoms with Crippen LogP contribution < -0.4 is 5.73 Å². The van der Waals surface area contributed by atoms with Crippen molar-refractivity contribution < 1.29 is 8.78 Å². The van der Waals surface area contributed by atoms with Gasteiger partial charge in [-0.25, -0.2) is 8.78 Å². The van der Waals surface area contributed by atoms with Gasteiger partial charge in [-0.2, -0.15) is 0 Å². The number of halogens is 2. The van der Waals surface area contributed by atoms with Crippen LogP contribution in [0.2, 0.25) is 0 Å². The predicted octanol–water partition coefficient (Wildman–Crippen LogP) is 2.67. The number of nitrogens with two attached hydrogens (primary N) is 1. The number of thioether (sulfide) groups is 1. The first-order valence-electron chi connectivity index (χ1n) is 3.83. The molecule has 0 aliphatic rings. The van der Waals surface area contributed by atoms with Gasteiger partial charge in [0.1, 0.15) is 0 Å². The molecule has 0 bridgehead atoms. The summed E-state index contributed by atoms with van der Waals surface area (Å²) in [6.45, 7) is 0. The molecular weight excluding hydrogens is 192 g/mol. The van der Waals surface area contributed by atoms with Gasteiger partial charge in [0, 0.05) is 4.90 Å². The van der Waals surface area contributed by atoms with Crippen LogP contribution >= 0.6 is 11.8 Å². The van der Waals surface area contributed by atoms with Crippen molar-refractivity contribution in [2.75, 3.05) is 6.26 Å². The lowest BCUT2D eigenvalue weighted by Gasteiger charge is -2.11. The number of hydrogen-bond donors (Lipinski definition) is 1. The van der Waals surface area contributed by atoms with Crippen molar-refractivity contribution in [3.63, 3.8) is 0 Å². The normalized spacial score (nSPS) is 13.3. The highest BCUT2D eigenvalue weighted by atomic mass is 32.2. The van der Waals surface area contributed by atoms with E-state index in [1.807, 2.05) is 12.3 Å². The molecule has 0 amide bonds. The van der Waals surface area contributed by atoms with Crippen LogP contribution in [-0.4, -0.2) is 12.7 Å². The Kier molecular flexibility index (Phi) is 3.69. The molecule has 1 unspecified atom stereocenters. The molecule has 1 atom stereocenters. The van der Waals surface area contributed by atoms with Crippen molar-refractivity contribution in [1.29, 1.82) is 0 Å². The zero-order valence-electron chi connectivity index (χ0n) is 7.21. The summed E-state index contributed by atoms with van der Waals surface area (Å²) in [6, 6.07) is 5.75. The fourth-order valence-electron chi connectivity index (χ4n) is 0.994. The zero-order valence-corrected chi connectivity index (χ0v) is 8.02. The second kappa shape index (κ2) is 4.58. The smallest absolute Gasteiger partial charge is 0.257 e. The van der Waals surface area contributed by atoms with Gasteiger partial charge in [-0.3, -0.25) is 0 Å². The van der Waals surface area contributed by atoms with Gasteiger partial charge in [0.15, 0.2) is 0 Å². The third-order valence-corrected chi connectivity index (χ3v) is 2.48. The minimum absolute atomic E-state index is 0.488. The lowest BCUT2D eigenvalue weighted by molar-refractivity contribution is 0.116. The van der Waals surface area contributed by atoms with E-state index in [4.69, 9.17) is 5.73 Å². The van der Waals surface area contributed by atoms with Crippen LogP contribution in [0, 0.1) is 0 Å². The summed E-state index contributed by atoms with van der Waals surface area (Å²) in [5.74, 6) is 0. The number of rotatable bonds is 3. The van der Waals surface area contributed by atoms with E-state index in [0.717, 1.165) is 4.90 Å². The number of benzene rings is 1. The first-order valence-corrected chi connectivity index (χ1v) is 5.05. The second-order valence-corrected chi connectivity index (χ2v) is 3.52. The molecule has 2 N–H and O–H groups in total. The maximum absolute atomic E-state index is 12.2. The highest BCUT2D eigenvalue weighted by Crippen LogP contribution is 2.22. The molecule has 0 aliphatic carbocycles. The summed E-state index contributed by atoms with van der Waals surface area (Å²) in [7, 11) is 0. The molecule has 0 heterocycles. The average molecular weight is 203 g/mol. The van der Waals surface area contributed by atoms with E-state index < -0.39 is 12.5 Å². The van der Waals surface area contributed by atoms with Crippen molar-refractivity contribution in [2.45, 2.75) is 17.4 Å². The Bertz CT molecular complexity index is 278. The van der Waals surface area contributed by atoms with Crippen molar-refractivity contribution in [2.24, 2.45) is 5.73 Å². The van der Waals surface area contributed by atoms with Crippen LogP contribution in [0.25, 0.3) is 0 Å². The summed E-state index contributed by atoms with van der Waals surface area (Å²) in [5, 5.41) is 0. The van der Waals surface area contributed by atoms with Gasteiger partial charge in [0.05, 0.1) is 6.04 Å². The van der Waals surface area contributed by atoms with Gasteiger partial charge >= 0.3 is 0 Å². The fraction of sp³-hybridized carbons (Fsp3) is 0.333. The molecule has 0 fully saturated rings. The van der Waals surface area contributed by atoms with E-state index in [2.05, 4.69) is 0 Å². The van der Waals surface area contributed by atoms with Crippen molar-refractivity contribution in [1.82, 2.24) is 0 Å². The van der Waals surface area contributed by atoms with Crippen LogP contribution in [-0.2, 0) is 0 Å². The summed E-state index contributed by atoms with van der Waals surface area (Å²) in [4.78, 5) is 0.952. The Morgan fingerprint density at radius 1 is 1.38 bits per heavy atom. The third kappa shape index (κ3) is 2.67. The van der Waals surface area contributed by atoms with Crippen LogP contribution in [0.5, 0.6) is 0 Å². The highest BCUT2D eigenvalue weighted by molar-refractivity contribution is 7.98. The van der Waals surface area contributed by atoms with Crippen LogP contribution in [0.1, 0.15) is 11.6 Å². The van der Waals surface area contributed by atoms with E-state index >= 15 is 0 Å². The molecule has 0 spiro atoms. The van der Waals surface area contributed by atoms with Gasteiger partial charge in [0.2, 0.25) is 0 Å². The van der Waals surface area contributed by atoms with E-state index in [9.17, 15) is 8.78 Å². The van der Waals surface area contributed by atoms with Gasteiger partial charge in [-0.15, -0.1) is 11.8 Å². The molecule has 0 aliphatic heterocycles. The zero-order chi connectivity index (χ0) is 9.84. The van der Waals surface area contributed by atoms with E-state index in [1.165, 1.54) is 11.8 Å². The Morgan fingerprint density at radius 3 is 2.62 bits per heavy atom. The van der Waals surface area contributed by atoms with E-state index in [0.29, 0.717) is 5.56 Å². The molecule has 1 aromatic carbocycles. The molecule has 1 nitrogen and oxygen atoms in total. The Balaban J connectivity index is 2.88. The predicted molar refractivity (Wildman–Crippen MR) is 51.2 cm³/mol. The maximum Gasteiger partial charge on any atom is 0.257 e. The lowest BCUT2D eigenvalue weighted by Crippen LogP contribution is -2.18. The summed E-state index contributed by atoms with van der Waals surface area (Å²) < 4.78 is 24.4. The quantitative estimate of drug-likeness (QED) is 0.764. The molecule has 0 saturated carbocycles. The lowest BCUT2D eigenvalue weighted by atomic mass is 10.1. The summed E-state index contributed by atoms with van der Waals surface area (Å²) >= 11 is 1.51. The fourth-order valence-corrected chi connectivity index (χ4v) is 1.46. The molecule has 72 valence electrons. The third-order valence-electron chi connectivity index (χ3n) is 1.75. The molecule has 4 heteroatoms. The number of alkyl halides is 2. The Hall–Kier alpha value is -0.610. The van der Waals surface area contributed by atoms with Gasteiger partial charge in [-0.05, 0) is 24.0 Å². The van der Waals surface area contributed by atoms with Crippen molar-refractivity contribution in [3.05, 3.63) is 29.8 Å². The maximum atomic E-state index is 12.2. The average Bonchev–Trinajstić information content (AvgIpc) is 2.16. The second-order valence-electron chi connectivity index (χ2n) is 2.64. The minimum Gasteiger partial charge on any atom is -0.319 e. The largest absolute Gasteiger partial charge is 0.319 e. The van der Waals surface area contributed by atoms with Gasteiger partial charge in [0.25, 0.3) is 6.43 Å². The molecule has 13 heavy (non-hydrogen) atoms. The van der Waals surface area contributed by atoms with Crippen LogP contribution in [0.3, 0.4) is 0 Å². The van der Waals surface area contributed by atoms with Crippen LogP contribution in [0.15, 0.2) is 29.2 Å². The standard InChI is InChI=1S/C9H11F2NS/c1-13-7-4-2-3-6(5-7)8(12)9(10)11/h2-5,8-9H,12H2,1H3. The molecule has 0 saturated heterocycles. The SMILES string of the molecule is CSc1cccc(C(N)C(F)F)c1. The van der Waals surface area contributed by atoms with E-state index in [1.54, 1.807) is 18.2 Å². The monoisotopic (exact) mass is 203 g/mol. The van der Waals surface area contributed by atoms with Crippen molar-refractivity contribution in [3.8, 4) is 0 Å². The van der Waals surface area contributed by atoms with Gasteiger partial charge in [-0.1, -0.05) is 12.1 Å². The van der Waals surface area contributed by atoms with Gasteiger partial charge < -0.3 is 5.73 Å². The Morgan fingerprint density at radius 2 is 2.08 bits per heavy atom. The summed E-state index contributed by atoms with van der Waals surface area (Å²) in [6.07, 6.45) is -0.607. The summed E-state index contributed by atoms with van der Waals surface area (Å²) in [5.41, 5.74) is 5.79. The molecule has 0 radical (unpaired) electrons. The van der Waals surface area contributed by atoms with E-state index in [-0.39, 0.29) is 0 Å². The molecule has 1 aromatic rings. The molecule has 1 rings (SSSR count). The number of hydrogen-bond acceptors (Lipinski definition) is 2. The molecule has 0 aromatic heterocycles. The van der Waals surface area contributed by atoms with Crippen molar-refractivity contribution >= 4 is 11.8 Å². The topological polar surface area (TPSA) is 26.0 Å². The highest BCUT2D eigenvalue weighted by Gasteiger charge is 2.17. The Labute approximate surface area is 80.3 Å². The molecular formula is C9H11F2NS. The van der Waals surface area contributed by atoms with Crippen LogP contribution in [0.4, 0.5) is 8.78 Å². The minimum atomic E-state index is -2.50. The first kappa shape index (κ1) is 10.5. The first-order chi connectivity index (χ1) is 6.15.